The van der Waals surface area contributed by atoms with E-state index >= 15 is 0 Å². The second-order valence-electron chi connectivity index (χ2n) is 7.43. The molecule has 1 aromatic carbocycles. The van der Waals surface area contributed by atoms with Gasteiger partial charge in [-0.15, -0.1) is 0 Å². The molecule has 0 spiro atoms. The molecule has 0 atom stereocenters. The molecule has 0 saturated carbocycles. The number of piperazine rings is 1. The summed E-state index contributed by atoms with van der Waals surface area (Å²) in [5, 5.41) is 9.23. The molecule has 0 radical (unpaired) electrons. The van der Waals surface area contributed by atoms with Crippen LogP contribution in [0.15, 0.2) is 36.7 Å². The van der Waals surface area contributed by atoms with Crippen molar-refractivity contribution < 1.29 is 13.2 Å². The van der Waals surface area contributed by atoms with Crippen LogP contribution in [0.4, 0.5) is 11.5 Å². The van der Waals surface area contributed by atoms with Crippen molar-refractivity contribution in [1.29, 1.82) is 5.26 Å². The Bertz CT molecular complexity index is 1080. The summed E-state index contributed by atoms with van der Waals surface area (Å²) in [4.78, 5) is 24.7. The van der Waals surface area contributed by atoms with Crippen molar-refractivity contribution in [1.82, 2.24) is 14.9 Å². The molecule has 1 aliphatic rings. The first-order chi connectivity index (χ1) is 15.3. The molecule has 1 aromatic heterocycles. The SMILES string of the molecule is CCCCc1ccc(N(CC(=O)N2CCN(c3nccnc3C#N)CC2)S(=O)(=O)I)cc1. The topological polar surface area (TPSA) is 110 Å². The molecule has 2 heterocycles. The van der Waals surface area contributed by atoms with Crippen LogP contribution >= 0.6 is 21.2 Å². The minimum absolute atomic E-state index is 0.247. The Balaban J connectivity index is 1.66. The van der Waals surface area contributed by atoms with Crippen LogP contribution in [0, 0.1) is 11.3 Å². The van der Waals surface area contributed by atoms with Crippen LogP contribution in [-0.2, 0) is 18.4 Å². The number of hydrogen-bond acceptors (Lipinski definition) is 7. The summed E-state index contributed by atoms with van der Waals surface area (Å²) in [7, 11) is -3.65. The lowest BCUT2D eigenvalue weighted by Gasteiger charge is -2.36. The van der Waals surface area contributed by atoms with E-state index in [4.69, 9.17) is 0 Å². The van der Waals surface area contributed by atoms with Gasteiger partial charge >= 0.3 is 0 Å². The molecule has 0 N–H and O–H groups in total. The second-order valence-corrected chi connectivity index (χ2v) is 12.0. The predicted octanol–water partition coefficient (Wildman–Crippen LogP) is 2.53. The van der Waals surface area contributed by atoms with Crippen LogP contribution < -0.4 is 9.21 Å². The molecular weight excluding hydrogens is 543 g/mol. The van der Waals surface area contributed by atoms with E-state index in [0.29, 0.717) is 37.7 Å². The number of rotatable bonds is 8. The van der Waals surface area contributed by atoms with Crippen molar-refractivity contribution in [2.45, 2.75) is 26.2 Å². The number of unbranched alkanes of at least 4 members (excludes halogenated alkanes) is 1. The first kappa shape index (κ1) is 24.2. The minimum Gasteiger partial charge on any atom is -0.351 e. The largest absolute Gasteiger partial charge is 0.351 e. The van der Waals surface area contributed by atoms with E-state index in [1.165, 1.54) is 33.6 Å². The van der Waals surface area contributed by atoms with Gasteiger partial charge in [-0.25, -0.2) is 9.97 Å². The zero-order chi connectivity index (χ0) is 23.1. The minimum atomic E-state index is -3.65. The monoisotopic (exact) mass is 568 g/mol. The third kappa shape index (κ3) is 6.07. The lowest BCUT2D eigenvalue weighted by molar-refractivity contribution is -0.129. The average molecular weight is 568 g/mol. The van der Waals surface area contributed by atoms with Gasteiger partial charge in [-0.1, -0.05) is 25.5 Å². The summed E-state index contributed by atoms with van der Waals surface area (Å²) in [6.07, 6.45) is 6.10. The van der Waals surface area contributed by atoms with E-state index < -0.39 is 7.19 Å². The number of nitriles is 1. The number of hydrogen-bond donors (Lipinski definition) is 0. The van der Waals surface area contributed by atoms with Crippen molar-refractivity contribution in [2.75, 3.05) is 41.9 Å². The van der Waals surface area contributed by atoms with E-state index in [9.17, 15) is 18.5 Å². The lowest BCUT2D eigenvalue weighted by Crippen LogP contribution is -2.52. The highest BCUT2D eigenvalue weighted by Crippen LogP contribution is 2.24. The molecule has 9 nitrogen and oxygen atoms in total. The summed E-state index contributed by atoms with van der Waals surface area (Å²) >= 11 is 1.37. The van der Waals surface area contributed by atoms with E-state index in [1.54, 1.807) is 17.0 Å². The maximum atomic E-state index is 12.9. The van der Waals surface area contributed by atoms with Crippen molar-refractivity contribution in [3.05, 3.63) is 47.9 Å². The number of carbonyl (C=O) groups excluding carboxylic acids is 1. The normalized spacial score (nSPS) is 14.2. The number of aromatic nitrogens is 2. The molecule has 0 unspecified atom stereocenters. The van der Waals surface area contributed by atoms with Gasteiger partial charge in [0.25, 0.3) is 7.19 Å². The van der Waals surface area contributed by atoms with Gasteiger partial charge in [-0.3, -0.25) is 9.10 Å². The Morgan fingerprint density at radius 2 is 1.81 bits per heavy atom. The van der Waals surface area contributed by atoms with Gasteiger partial charge in [0, 0.05) is 38.6 Å². The molecule has 0 bridgehead atoms. The van der Waals surface area contributed by atoms with Crippen LogP contribution in [0.2, 0.25) is 0 Å². The average Bonchev–Trinajstić information content (AvgIpc) is 2.81. The van der Waals surface area contributed by atoms with E-state index in [0.717, 1.165) is 29.1 Å². The van der Waals surface area contributed by atoms with Crippen LogP contribution in [0.25, 0.3) is 0 Å². The highest BCUT2D eigenvalue weighted by atomic mass is 127. The highest BCUT2D eigenvalue weighted by molar-refractivity contribution is 14.2. The number of nitrogens with zero attached hydrogens (tertiary/aromatic N) is 6. The van der Waals surface area contributed by atoms with Crippen molar-refractivity contribution in [3.8, 4) is 6.07 Å². The summed E-state index contributed by atoms with van der Waals surface area (Å²) in [5.74, 6) is 0.237. The number of benzene rings is 1. The highest BCUT2D eigenvalue weighted by Gasteiger charge is 2.28. The van der Waals surface area contributed by atoms with Crippen LogP contribution in [-0.4, -0.2) is 61.9 Å². The van der Waals surface area contributed by atoms with Gasteiger partial charge in [0.05, 0.1) is 26.9 Å². The van der Waals surface area contributed by atoms with E-state index in [1.807, 2.05) is 23.1 Å². The number of halogens is 1. The fourth-order valence-corrected chi connectivity index (χ4v) is 5.27. The van der Waals surface area contributed by atoms with Gasteiger partial charge in [0.2, 0.25) is 5.91 Å². The summed E-state index contributed by atoms with van der Waals surface area (Å²) in [6, 6.07) is 9.37. The van der Waals surface area contributed by atoms with Crippen molar-refractivity contribution in [3.63, 3.8) is 0 Å². The van der Waals surface area contributed by atoms with Gasteiger partial charge in [0.15, 0.2) is 11.5 Å². The Labute approximate surface area is 200 Å². The maximum Gasteiger partial charge on any atom is 0.289 e. The number of carbonyl (C=O) groups is 1. The standard InChI is InChI=1S/C21H25IN6O3S/c1-2-3-4-17-5-7-18(8-6-17)28(32(22,30)31)16-20(29)26-11-13-27(14-12-26)21-19(15-23)24-9-10-25-21/h5-10H,2-4,11-14,16H2,1H3. The summed E-state index contributed by atoms with van der Waals surface area (Å²) in [6.45, 7) is 3.66. The molecule has 1 aliphatic heterocycles. The van der Waals surface area contributed by atoms with Crippen molar-refractivity contribution >= 4 is 45.8 Å². The molecule has 1 fully saturated rings. The molecule has 3 rings (SSSR count). The smallest absolute Gasteiger partial charge is 0.289 e. The molecule has 1 amide bonds. The number of amides is 1. The molecular formula is C21H25IN6O3S. The van der Waals surface area contributed by atoms with Crippen molar-refractivity contribution in [2.24, 2.45) is 0 Å². The molecule has 11 heteroatoms. The third-order valence-corrected chi connectivity index (χ3v) is 7.60. The van der Waals surface area contributed by atoms with Gasteiger partial charge in [0.1, 0.15) is 12.6 Å². The fraction of sp³-hybridized carbons (Fsp3) is 0.429. The second kappa shape index (κ2) is 10.9. The van der Waals surface area contributed by atoms with E-state index in [2.05, 4.69) is 16.9 Å². The quantitative estimate of drug-likeness (QED) is 0.356. The first-order valence-corrected chi connectivity index (χ1v) is 14.4. The van der Waals surface area contributed by atoms with Crippen LogP contribution in [0.5, 0.6) is 0 Å². The fourth-order valence-electron chi connectivity index (χ4n) is 3.54. The van der Waals surface area contributed by atoms with Gasteiger partial charge in [-0.05, 0) is 30.5 Å². The number of anilines is 2. The van der Waals surface area contributed by atoms with E-state index in [-0.39, 0.29) is 18.1 Å². The van der Waals surface area contributed by atoms with Gasteiger partial charge in [-0.2, -0.15) is 13.7 Å². The van der Waals surface area contributed by atoms with Crippen LogP contribution in [0.3, 0.4) is 0 Å². The summed E-state index contributed by atoms with van der Waals surface area (Å²) < 4.78 is 25.9. The van der Waals surface area contributed by atoms with Gasteiger partial charge < -0.3 is 9.80 Å². The molecule has 2 aromatic rings. The Hall–Kier alpha value is -2.46. The molecule has 32 heavy (non-hydrogen) atoms. The third-order valence-electron chi connectivity index (χ3n) is 5.30. The zero-order valence-electron chi connectivity index (χ0n) is 17.8. The lowest BCUT2D eigenvalue weighted by atomic mass is 10.1. The molecule has 0 aliphatic carbocycles. The zero-order valence-corrected chi connectivity index (χ0v) is 20.8. The Morgan fingerprint density at radius 3 is 2.41 bits per heavy atom. The number of aryl methyl sites for hydroxylation is 1. The Kier molecular flexibility index (Phi) is 8.25. The predicted molar refractivity (Wildman–Crippen MR) is 131 cm³/mol. The summed E-state index contributed by atoms with van der Waals surface area (Å²) in [5.41, 5.74) is 1.87. The maximum absolute atomic E-state index is 12.9. The molecule has 170 valence electrons. The Morgan fingerprint density at radius 1 is 1.16 bits per heavy atom. The van der Waals surface area contributed by atoms with Crippen LogP contribution in [0.1, 0.15) is 31.0 Å². The molecule has 1 saturated heterocycles. The first-order valence-electron chi connectivity index (χ1n) is 10.4.